The molecule has 0 unspecified atom stereocenters. The van der Waals surface area contributed by atoms with Crippen molar-refractivity contribution in [3.63, 3.8) is 0 Å². The highest BCUT2D eigenvalue weighted by molar-refractivity contribution is 6.12. The highest BCUT2D eigenvalue weighted by Gasteiger charge is 2.28. The van der Waals surface area contributed by atoms with Crippen LogP contribution in [0.15, 0.2) is 54.3 Å². The van der Waals surface area contributed by atoms with Crippen molar-refractivity contribution in [1.29, 1.82) is 0 Å². The van der Waals surface area contributed by atoms with Crippen LogP contribution in [-0.2, 0) is 4.74 Å². The molecule has 0 aliphatic rings. The topological polar surface area (TPSA) is 44.8 Å². The molecule has 2 aromatic rings. The highest BCUT2D eigenvalue weighted by atomic mass is 16.5. The molecule has 0 saturated heterocycles. The molecule has 2 rings (SSSR count). The summed E-state index contributed by atoms with van der Waals surface area (Å²) >= 11 is 0. The van der Waals surface area contributed by atoms with E-state index in [1.807, 2.05) is 98.7 Å². The maximum absolute atomic E-state index is 13.7. The lowest BCUT2D eigenvalue weighted by atomic mass is 10.0. The van der Waals surface area contributed by atoms with E-state index in [2.05, 4.69) is 0 Å². The van der Waals surface area contributed by atoms with Gasteiger partial charge in [0, 0.05) is 0 Å². The van der Waals surface area contributed by atoms with E-state index in [1.54, 1.807) is 18.2 Å². The van der Waals surface area contributed by atoms with Gasteiger partial charge in [0.25, 0.3) is 0 Å². The van der Waals surface area contributed by atoms with Gasteiger partial charge in [0.2, 0.25) is 5.78 Å². The lowest BCUT2D eigenvalue weighted by Gasteiger charge is -2.29. The molecule has 0 saturated carbocycles. The van der Waals surface area contributed by atoms with Crippen molar-refractivity contribution in [3.8, 4) is 11.5 Å². The first-order valence-corrected chi connectivity index (χ1v) is 10.7. The van der Waals surface area contributed by atoms with Gasteiger partial charge in [-0.05, 0) is 86.1 Å². The SMILES string of the molecule is CC(C)(C)O/C(=C\c1ccccc1)C(=O)c1cccc(OC(C)(C)C)c1OC(C)(C)C. The summed E-state index contributed by atoms with van der Waals surface area (Å²) < 4.78 is 18.5. The monoisotopic (exact) mass is 424 g/mol. The van der Waals surface area contributed by atoms with E-state index in [0.29, 0.717) is 17.1 Å². The number of rotatable bonds is 6. The number of carbonyl (C=O) groups excluding carboxylic acids is 1. The Kier molecular flexibility index (Phi) is 7.25. The van der Waals surface area contributed by atoms with Crippen LogP contribution in [0.2, 0.25) is 0 Å². The maximum atomic E-state index is 13.7. The van der Waals surface area contributed by atoms with Crippen molar-refractivity contribution in [2.24, 2.45) is 0 Å². The van der Waals surface area contributed by atoms with E-state index in [0.717, 1.165) is 5.56 Å². The Morgan fingerprint density at radius 1 is 0.710 bits per heavy atom. The Morgan fingerprint density at radius 3 is 1.81 bits per heavy atom. The van der Waals surface area contributed by atoms with Crippen LogP contribution < -0.4 is 9.47 Å². The lowest BCUT2D eigenvalue weighted by Crippen LogP contribution is -2.28. The van der Waals surface area contributed by atoms with E-state index >= 15 is 0 Å². The summed E-state index contributed by atoms with van der Waals surface area (Å²) in [5, 5.41) is 0. The van der Waals surface area contributed by atoms with E-state index in [-0.39, 0.29) is 11.5 Å². The van der Waals surface area contributed by atoms with Gasteiger partial charge < -0.3 is 14.2 Å². The van der Waals surface area contributed by atoms with Gasteiger partial charge in [-0.15, -0.1) is 0 Å². The first-order valence-electron chi connectivity index (χ1n) is 10.7. The summed E-state index contributed by atoms with van der Waals surface area (Å²) in [6, 6.07) is 15.1. The molecule has 0 amide bonds. The summed E-state index contributed by atoms with van der Waals surface area (Å²) in [6.45, 7) is 17.5. The molecule has 0 aromatic heterocycles. The molecule has 0 aliphatic carbocycles. The molecule has 4 nitrogen and oxygen atoms in total. The summed E-state index contributed by atoms with van der Waals surface area (Å²) in [7, 11) is 0. The smallest absolute Gasteiger partial charge is 0.231 e. The minimum absolute atomic E-state index is 0.252. The average Bonchev–Trinajstić information content (AvgIpc) is 2.59. The maximum Gasteiger partial charge on any atom is 0.231 e. The van der Waals surface area contributed by atoms with Crippen molar-refractivity contribution < 1.29 is 19.0 Å². The van der Waals surface area contributed by atoms with Crippen LogP contribution in [0.25, 0.3) is 6.08 Å². The fourth-order valence-electron chi connectivity index (χ4n) is 2.82. The van der Waals surface area contributed by atoms with E-state index in [1.165, 1.54) is 0 Å². The summed E-state index contributed by atoms with van der Waals surface area (Å²) in [4.78, 5) is 13.7. The van der Waals surface area contributed by atoms with Crippen LogP contribution in [0.1, 0.15) is 78.2 Å². The molecule has 0 N–H and O–H groups in total. The molecular formula is C27H36O4. The first-order chi connectivity index (χ1) is 14.1. The van der Waals surface area contributed by atoms with Gasteiger partial charge in [0.15, 0.2) is 17.3 Å². The number of carbonyl (C=O) groups is 1. The van der Waals surface area contributed by atoms with Gasteiger partial charge in [-0.2, -0.15) is 0 Å². The van der Waals surface area contributed by atoms with Crippen LogP contribution in [0.4, 0.5) is 0 Å². The van der Waals surface area contributed by atoms with Crippen molar-refractivity contribution in [2.45, 2.75) is 79.1 Å². The van der Waals surface area contributed by atoms with Gasteiger partial charge in [0.05, 0.1) is 5.56 Å². The number of hydrogen-bond donors (Lipinski definition) is 0. The molecule has 0 spiro atoms. The Hall–Kier alpha value is -2.75. The molecule has 0 atom stereocenters. The molecular weight excluding hydrogens is 388 g/mol. The van der Waals surface area contributed by atoms with Gasteiger partial charge in [-0.1, -0.05) is 36.4 Å². The highest BCUT2D eigenvalue weighted by Crippen LogP contribution is 2.38. The number of benzene rings is 2. The number of hydrogen-bond acceptors (Lipinski definition) is 4. The van der Waals surface area contributed by atoms with E-state index < -0.39 is 16.8 Å². The second-order valence-electron chi connectivity index (χ2n) is 10.5. The molecule has 2 aromatic carbocycles. The van der Waals surface area contributed by atoms with Gasteiger partial charge in [-0.3, -0.25) is 4.79 Å². The molecule has 0 heterocycles. The number of allylic oxidation sites excluding steroid dienone is 1. The number of ether oxygens (including phenoxy) is 3. The molecule has 0 fully saturated rings. The third-order valence-electron chi connectivity index (χ3n) is 3.79. The zero-order chi connectivity index (χ0) is 23.4. The number of Topliss-reactive ketones (excluding diaryl/α,β-unsaturated/α-hetero) is 1. The number of para-hydroxylation sites is 1. The fourth-order valence-corrected chi connectivity index (χ4v) is 2.82. The fraction of sp³-hybridized carbons (Fsp3) is 0.444. The predicted octanol–water partition coefficient (Wildman–Crippen LogP) is 7.08. The van der Waals surface area contributed by atoms with E-state index in [9.17, 15) is 4.79 Å². The van der Waals surface area contributed by atoms with Gasteiger partial charge >= 0.3 is 0 Å². The molecule has 168 valence electrons. The zero-order valence-electron chi connectivity index (χ0n) is 20.3. The number of ketones is 1. The Balaban J connectivity index is 2.62. The zero-order valence-corrected chi connectivity index (χ0v) is 20.3. The summed E-state index contributed by atoms with van der Waals surface area (Å²) in [5.41, 5.74) is -0.206. The Labute approximate surface area is 187 Å². The molecule has 0 radical (unpaired) electrons. The molecule has 0 bridgehead atoms. The summed E-state index contributed by atoms with van der Waals surface area (Å²) in [5.74, 6) is 0.956. The molecule has 4 heteroatoms. The first kappa shape index (κ1) is 24.5. The Bertz CT molecular complexity index is 920. The molecule has 31 heavy (non-hydrogen) atoms. The van der Waals surface area contributed by atoms with Crippen LogP contribution in [0.3, 0.4) is 0 Å². The van der Waals surface area contributed by atoms with Crippen molar-refractivity contribution >= 4 is 11.9 Å². The lowest BCUT2D eigenvalue weighted by molar-refractivity contribution is 0.0442. The quantitative estimate of drug-likeness (QED) is 0.282. The third kappa shape index (κ3) is 8.12. The second-order valence-corrected chi connectivity index (χ2v) is 10.5. The van der Waals surface area contributed by atoms with Crippen LogP contribution in [0.5, 0.6) is 11.5 Å². The van der Waals surface area contributed by atoms with Crippen LogP contribution >= 0.6 is 0 Å². The molecule has 0 aliphatic heterocycles. The predicted molar refractivity (Wildman–Crippen MR) is 127 cm³/mol. The summed E-state index contributed by atoms with van der Waals surface area (Å²) in [6.07, 6.45) is 1.77. The van der Waals surface area contributed by atoms with Crippen LogP contribution in [-0.4, -0.2) is 22.6 Å². The normalized spacial score (nSPS) is 13.0. The van der Waals surface area contributed by atoms with E-state index in [4.69, 9.17) is 14.2 Å². The minimum atomic E-state index is -0.541. The standard InChI is InChI=1S/C27H36O4/c1-25(2,3)29-21-17-13-16-20(24(21)31-27(7,8)9)23(28)22(30-26(4,5)6)18-19-14-11-10-12-15-19/h10-18H,1-9H3/b22-18-. The minimum Gasteiger partial charge on any atom is -0.484 e. The van der Waals surface area contributed by atoms with Crippen molar-refractivity contribution in [3.05, 3.63) is 65.4 Å². The van der Waals surface area contributed by atoms with Crippen molar-refractivity contribution in [2.75, 3.05) is 0 Å². The van der Waals surface area contributed by atoms with Gasteiger partial charge in [-0.25, -0.2) is 0 Å². The average molecular weight is 425 g/mol. The largest absolute Gasteiger partial charge is 0.484 e. The second kappa shape index (κ2) is 9.17. The third-order valence-corrected chi connectivity index (χ3v) is 3.79. The van der Waals surface area contributed by atoms with Gasteiger partial charge in [0.1, 0.15) is 16.8 Å². The van der Waals surface area contributed by atoms with Crippen molar-refractivity contribution in [1.82, 2.24) is 0 Å². The Morgan fingerprint density at radius 2 is 1.29 bits per heavy atom. The van der Waals surface area contributed by atoms with Crippen LogP contribution in [0, 0.1) is 0 Å².